The second-order valence-corrected chi connectivity index (χ2v) is 4.36. The molecule has 1 saturated heterocycles. The molecular formula is C12H26N2O2. The Hall–Kier alpha value is -0.160. The van der Waals surface area contributed by atoms with Crippen LogP contribution in [-0.4, -0.2) is 64.1 Å². The third-order valence-electron chi connectivity index (χ3n) is 3.19. The van der Waals surface area contributed by atoms with Gasteiger partial charge in [0, 0.05) is 39.4 Å². The predicted octanol–water partition coefficient (Wildman–Crippen LogP) is 0.722. The van der Waals surface area contributed by atoms with Gasteiger partial charge in [0.2, 0.25) is 0 Å². The van der Waals surface area contributed by atoms with E-state index >= 15 is 0 Å². The van der Waals surface area contributed by atoms with Gasteiger partial charge in [0.1, 0.15) is 0 Å². The third-order valence-corrected chi connectivity index (χ3v) is 3.19. The van der Waals surface area contributed by atoms with Crippen LogP contribution in [0.3, 0.4) is 0 Å². The molecule has 1 N–H and O–H groups in total. The highest BCUT2D eigenvalue weighted by Crippen LogP contribution is 2.15. The summed E-state index contributed by atoms with van der Waals surface area (Å²) >= 11 is 0. The van der Waals surface area contributed by atoms with Crippen molar-refractivity contribution in [3.05, 3.63) is 0 Å². The fourth-order valence-electron chi connectivity index (χ4n) is 2.36. The molecule has 1 fully saturated rings. The van der Waals surface area contributed by atoms with E-state index in [2.05, 4.69) is 17.1 Å². The van der Waals surface area contributed by atoms with Gasteiger partial charge in [-0.15, -0.1) is 0 Å². The smallest absolute Gasteiger partial charge is 0.0630 e. The Labute approximate surface area is 99.3 Å². The molecule has 0 spiro atoms. The second-order valence-electron chi connectivity index (χ2n) is 4.36. The highest BCUT2D eigenvalue weighted by Gasteiger charge is 2.24. The molecule has 4 heteroatoms. The summed E-state index contributed by atoms with van der Waals surface area (Å²) in [5.74, 6) is 0. The van der Waals surface area contributed by atoms with Crippen molar-refractivity contribution in [3.63, 3.8) is 0 Å². The molecule has 96 valence electrons. The largest absolute Gasteiger partial charge is 0.383 e. The molecule has 1 rings (SSSR count). The quantitative estimate of drug-likeness (QED) is 0.699. The fraction of sp³-hybridized carbons (Fsp3) is 1.00. The van der Waals surface area contributed by atoms with E-state index in [0.29, 0.717) is 12.1 Å². The van der Waals surface area contributed by atoms with Crippen LogP contribution in [-0.2, 0) is 9.47 Å². The van der Waals surface area contributed by atoms with E-state index in [1.54, 1.807) is 7.11 Å². The molecule has 0 aromatic heterocycles. The summed E-state index contributed by atoms with van der Waals surface area (Å²) in [7, 11) is 3.77. The number of likely N-dealkylation sites (N-methyl/N-ethyl adjacent to an activating group) is 1. The van der Waals surface area contributed by atoms with Crippen molar-refractivity contribution in [2.24, 2.45) is 0 Å². The minimum absolute atomic E-state index is 0.471. The van der Waals surface area contributed by atoms with Gasteiger partial charge in [-0.3, -0.25) is 4.90 Å². The molecule has 1 aliphatic rings. The molecule has 0 radical (unpaired) electrons. The Morgan fingerprint density at radius 3 is 2.56 bits per heavy atom. The molecule has 1 atom stereocenters. The van der Waals surface area contributed by atoms with Gasteiger partial charge >= 0.3 is 0 Å². The average Bonchev–Trinajstić information content (AvgIpc) is 2.30. The molecule has 0 amide bonds. The van der Waals surface area contributed by atoms with E-state index in [1.807, 2.05) is 7.05 Å². The summed E-state index contributed by atoms with van der Waals surface area (Å²) in [5.41, 5.74) is 0. The lowest BCUT2D eigenvalue weighted by molar-refractivity contribution is -0.00660. The maximum atomic E-state index is 5.66. The maximum Gasteiger partial charge on any atom is 0.0630 e. The normalized spacial score (nSPS) is 21.2. The van der Waals surface area contributed by atoms with Gasteiger partial charge in [-0.1, -0.05) is 0 Å². The van der Waals surface area contributed by atoms with Crippen molar-refractivity contribution >= 4 is 0 Å². The topological polar surface area (TPSA) is 33.7 Å². The highest BCUT2D eigenvalue weighted by atomic mass is 16.5. The standard InChI is InChI=1S/C12H26N2O2/c1-4-16-12-5-7-14(8-6-12)11(9-13-2)10-15-3/h11-13H,4-10H2,1-3H3. The summed E-state index contributed by atoms with van der Waals surface area (Å²) < 4.78 is 10.9. The number of nitrogens with zero attached hydrogens (tertiary/aromatic N) is 1. The average molecular weight is 230 g/mol. The lowest BCUT2D eigenvalue weighted by Crippen LogP contribution is -2.49. The lowest BCUT2D eigenvalue weighted by Gasteiger charge is -2.37. The zero-order valence-corrected chi connectivity index (χ0v) is 10.9. The van der Waals surface area contributed by atoms with Crippen molar-refractivity contribution in [2.75, 3.05) is 47.0 Å². The first-order chi connectivity index (χ1) is 7.81. The molecule has 1 heterocycles. The summed E-state index contributed by atoms with van der Waals surface area (Å²) in [6, 6.07) is 0.498. The molecule has 1 aliphatic heterocycles. The molecule has 0 bridgehead atoms. The summed E-state index contributed by atoms with van der Waals surface area (Å²) in [5, 5.41) is 3.23. The first-order valence-corrected chi connectivity index (χ1v) is 6.31. The molecule has 0 aliphatic carbocycles. The summed E-state index contributed by atoms with van der Waals surface area (Å²) in [6.45, 7) is 6.96. The van der Waals surface area contributed by atoms with Gasteiger partial charge in [-0.05, 0) is 26.8 Å². The van der Waals surface area contributed by atoms with Crippen LogP contribution < -0.4 is 5.32 Å². The lowest BCUT2D eigenvalue weighted by atomic mass is 10.1. The van der Waals surface area contributed by atoms with Crippen LogP contribution in [0.15, 0.2) is 0 Å². The van der Waals surface area contributed by atoms with Crippen molar-refractivity contribution in [2.45, 2.75) is 31.9 Å². The summed E-state index contributed by atoms with van der Waals surface area (Å²) in [4.78, 5) is 2.51. The fourth-order valence-corrected chi connectivity index (χ4v) is 2.36. The molecule has 0 aromatic rings. The van der Waals surface area contributed by atoms with E-state index < -0.39 is 0 Å². The van der Waals surface area contributed by atoms with E-state index in [4.69, 9.17) is 9.47 Å². The van der Waals surface area contributed by atoms with E-state index in [9.17, 15) is 0 Å². The second kappa shape index (κ2) is 8.01. The first-order valence-electron chi connectivity index (χ1n) is 6.31. The Morgan fingerprint density at radius 1 is 1.38 bits per heavy atom. The molecule has 1 unspecified atom stereocenters. The number of methoxy groups -OCH3 is 1. The van der Waals surface area contributed by atoms with Crippen molar-refractivity contribution < 1.29 is 9.47 Å². The van der Waals surface area contributed by atoms with E-state index in [1.165, 1.54) is 0 Å². The highest BCUT2D eigenvalue weighted by molar-refractivity contribution is 4.79. The van der Waals surface area contributed by atoms with Crippen molar-refractivity contribution in [3.8, 4) is 0 Å². The van der Waals surface area contributed by atoms with Crippen LogP contribution in [0.1, 0.15) is 19.8 Å². The zero-order chi connectivity index (χ0) is 11.8. The summed E-state index contributed by atoms with van der Waals surface area (Å²) in [6.07, 6.45) is 2.77. The van der Waals surface area contributed by atoms with Crippen LogP contribution in [0.2, 0.25) is 0 Å². The Bertz CT molecular complexity index is 164. The Morgan fingerprint density at radius 2 is 2.06 bits per heavy atom. The molecule has 4 nitrogen and oxygen atoms in total. The predicted molar refractivity (Wildman–Crippen MR) is 65.8 cm³/mol. The van der Waals surface area contributed by atoms with Crippen LogP contribution in [0.4, 0.5) is 0 Å². The van der Waals surface area contributed by atoms with Crippen molar-refractivity contribution in [1.29, 1.82) is 0 Å². The van der Waals surface area contributed by atoms with Gasteiger partial charge in [0.15, 0.2) is 0 Å². The molecule has 0 aromatic carbocycles. The molecule has 0 saturated carbocycles. The number of ether oxygens (including phenoxy) is 2. The number of nitrogens with one attached hydrogen (secondary N) is 1. The van der Waals surface area contributed by atoms with Gasteiger partial charge in [-0.2, -0.15) is 0 Å². The SMILES string of the molecule is CCOC1CCN(C(CNC)COC)CC1. The Balaban J connectivity index is 2.31. The van der Waals surface area contributed by atoms with Gasteiger partial charge < -0.3 is 14.8 Å². The minimum atomic E-state index is 0.471. The molecular weight excluding hydrogens is 204 g/mol. The number of likely N-dealkylation sites (tertiary alicyclic amines) is 1. The van der Waals surface area contributed by atoms with Crippen LogP contribution in [0.25, 0.3) is 0 Å². The molecule has 16 heavy (non-hydrogen) atoms. The Kier molecular flexibility index (Phi) is 6.96. The zero-order valence-electron chi connectivity index (χ0n) is 10.9. The van der Waals surface area contributed by atoms with Gasteiger partial charge in [-0.25, -0.2) is 0 Å². The maximum absolute atomic E-state index is 5.66. The van der Waals surface area contributed by atoms with Crippen LogP contribution in [0.5, 0.6) is 0 Å². The number of rotatable bonds is 7. The monoisotopic (exact) mass is 230 g/mol. The first kappa shape index (κ1) is 13.9. The number of hydrogen-bond acceptors (Lipinski definition) is 4. The van der Waals surface area contributed by atoms with Crippen LogP contribution in [0, 0.1) is 0 Å². The number of hydrogen-bond donors (Lipinski definition) is 1. The van der Waals surface area contributed by atoms with E-state index in [0.717, 1.165) is 45.7 Å². The van der Waals surface area contributed by atoms with Gasteiger partial charge in [0.05, 0.1) is 12.7 Å². The third kappa shape index (κ3) is 4.37. The minimum Gasteiger partial charge on any atom is -0.383 e. The van der Waals surface area contributed by atoms with E-state index in [-0.39, 0.29) is 0 Å². The number of piperidine rings is 1. The van der Waals surface area contributed by atoms with Crippen LogP contribution >= 0.6 is 0 Å². The van der Waals surface area contributed by atoms with Crippen molar-refractivity contribution in [1.82, 2.24) is 10.2 Å². The van der Waals surface area contributed by atoms with Gasteiger partial charge in [0.25, 0.3) is 0 Å².